The Balaban J connectivity index is 3.57. The molecule has 0 aliphatic carbocycles. The van der Waals surface area contributed by atoms with E-state index in [0.717, 1.165) is 0 Å². The molecule has 0 aliphatic heterocycles. The van der Waals surface area contributed by atoms with Crippen molar-refractivity contribution in [1.82, 2.24) is 0 Å². The van der Waals surface area contributed by atoms with E-state index in [1.54, 1.807) is 6.92 Å². The Morgan fingerprint density at radius 1 is 1.80 bits per heavy atom. The molecule has 10 heavy (non-hydrogen) atoms. The number of rotatable bonds is 3. The van der Waals surface area contributed by atoms with Crippen LogP contribution in [0.5, 0.6) is 0 Å². The Kier molecular flexibility index (Phi) is 4.60. The lowest BCUT2D eigenvalue weighted by Crippen LogP contribution is -2.19. The average molecular weight is 213 g/mol. The third kappa shape index (κ3) is 3.82. The average Bonchev–Trinajstić information content (AvgIpc) is 1.87. The zero-order valence-corrected chi connectivity index (χ0v) is 7.52. The van der Waals surface area contributed by atoms with E-state index in [9.17, 15) is 9.18 Å². The molecule has 0 spiro atoms. The molecule has 0 aromatic carbocycles. The fourth-order valence-electron chi connectivity index (χ4n) is 0.333. The molecule has 0 rings (SSSR count). The highest BCUT2D eigenvalue weighted by molar-refractivity contribution is 9.09. The van der Waals surface area contributed by atoms with Gasteiger partial charge in [0, 0.05) is 0 Å². The zero-order chi connectivity index (χ0) is 8.15. The van der Waals surface area contributed by atoms with Gasteiger partial charge in [-0.3, -0.25) is 0 Å². The molecule has 0 radical (unpaired) electrons. The number of hydrogen-bond acceptors (Lipinski definition) is 2. The highest BCUT2D eigenvalue weighted by Gasteiger charge is 2.16. The topological polar surface area (TPSA) is 26.3 Å². The first-order valence-corrected chi connectivity index (χ1v) is 3.98. The Hall–Kier alpha value is -0.120. The second-order valence-corrected chi connectivity index (χ2v) is 2.76. The molecule has 60 valence electrons. The summed E-state index contributed by atoms with van der Waals surface area (Å²) in [4.78, 5) is 10.5. The summed E-state index contributed by atoms with van der Waals surface area (Å²) in [6.07, 6.45) is 0.495. The fourth-order valence-corrected chi connectivity index (χ4v) is 0.441. The van der Waals surface area contributed by atoms with Crippen LogP contribution in [-0.4, -0.2) is 17.2 Å². The maximum absolute atomic E-state index is 12.0. The second kappa shape index (κ2) is 4.66. The smallest absolute Gasteiger partial charge is 0.352 e. The van der Waals surface area contributed by atoms with E-state index in [2.05, 4.69) is 20.7 Å². The first-order chi connectivity index (χ1) is 4.57. The Morgan fingerprint density at radius 2 is 2.30 bits per heavy atom. The molecule has 0 aromatic rings. The van der Waals surface area contributed by atoms with Crippen LogP contribution >= 0.6 is 15.9 Å². The van der Waals surface area contributed by atoms with Crippen molar-refractivity contribution < 1.29 is 13.9 Å². The van der Waals surface area contributed by atoms with Crippen LogP contribution in [0.4, 0.5) is 4.39 Å². The summed E-state index contributed by atoms with van der Waals surface area (Å²) in [5.74, 6) is -0.852. The minimum absolute atomic E-state index is 0.205. The molecule has 0 saturated carbocycles. The lowest BCUT2D eigenvalue weighted by atomic mass is 10.3. The number of alkyl halides is 2. The maximum atomic E-state index is 12.0. The number of carbonyl (C=O) groups is 1. The zero-order valence-electron chi connectivity index (χ0n) is 5.93. The maximum Gasteiger partial charge on any atom is 0.352 e. The van der Waals surface area contributed by atoms with Crippen molar-refractivity contribution in [3.05, 3.63) is 0 Å². The quantitative estimate of drug-likeness (QED) is 0.529. The highest BCUT2D eigenvalue weighted by atomic mass is 79.9. The fraction of sp³-hybridized carbons (Fsp3) is 0.833. The number of carbonyl (C=O) groups excluding carboxylic acids is 1. The number of esters is 1. The van der Waals surface area contributed by atoms with Crippen LogP contribution in [0.25, 0.3) is 0 Å². The van der Waals surface area contributed by atoms with Gasteiger partial charge < -0.3 is 4.74 Å². The van der Waals surface area contributed by atoms with Crippen LogP contribution in [0.1, 0.15) is 20.3 Å². The molecule has 0 saturated heterocycles. The number of halogens is 2. The normalized spacial score (nSPS) is 16.0. The van der Waals surface area contributed by atoms with Gasteiger partial charge >= 0.3 is 5.97 Å². The van der Waals surface area contributed by atoms with Gasteiger partial charge in [0.25, 0.3) is 5.08 Å². The van der Waals surface area contributed by atoms with Gasteiger partial charge in [-0.1, -0.05) is 6.92 Å². The molecule has 0 amide bonds. The second-order valence-electron chi connectivity index (χ2n) is 1.96. The van der Waals surface area contributed by atoms with Crippen molar-refractivity contribution in [2.75, 3.05) is 0 Å². The molecule has 0 bridgehead atoms. The lowest BCUT2D eigenvalue weighted by Gasteiger charge is -2.09. The van der Waals surface area contributed by atoms with Crippen molar-refractivity contribution in [3.8, 4) is 0 Å². The third-order valence-electron chi connectivity index (χ3n) is 1.07. The Labute approximate surface area is 67.9 Å². The SMILES string of the molecule is CC[C@@H](C)OC(=O)C(F)Br. The molecule has 0 aliphatic rings. The molecule has 0 aromatic heterocycles. The third-order valence-corrected chi connectivity index (χ3v) is 1.44. The van der Waals surface area contributed by atoms with Crippen molar-refractivity contribution in [1.29, 1.82) is 0 Å². The van der Waals surface area contributed by atoms with E-state index in [4.69, 9.17) is 0 Å². The van der Waals surface area contributed by atoms with Gasteiger partial charge in [0.2, 0.25) is 0 Å². The molecule has 2 atom stereocenters. The Bertz CT molecular complexity index is 116. The van der Waals surface area contributed by atoms with E-state index in [-0.39, 0.29) is 6.10 Å². The number of hydrogen-bond donors (Lipinski definition) is 0. The summed E-state index contributed by atoms with van der Waals surface area (Å²) < 4.78 is 16.6. The van der Waals surface area contributed by atoms with Gasteiger partial charge in [0.1, 0.15) is 0 Å². The van der Waals surface area contributed by atoms with Gasteiger partial charge in [-0.2, -0.15) is 0 Å². The van der Waals surface area contributed by atoms with Crippen molar-refractivity contribution >= 4 is 21.9 Å². The Morgan fingerprint density at radius 3 is 2.60 bits per heavy atom. The van der Waals surface area contributed by atoms with Crippen LogP contribution in [-0.2, 0) is 9.53 Å². The van der Waals surface area contributed by atoms with E-state index in [1.807, 2.05) is 6.92 Å². The molecule has 0 fully saturated rings. The number of ether oxygens (including phenoxy) is 1. The minimum Gasteiger partial charge on any atom is -0.460 e. The first-order valence-electron chi connectivity index (χ1n) is 3.06. The van der Waals surface area contributed by atoms with Crippen LogP contribution in [0, 0.1) is 0 Å². The lowest BCUT2D eigenvalue weighted by molar-refractivity contribution is -0.150. The van der Waals surface area contributed by atoms with E-state index in [0.29, 0.717) is 6.42 Å². The predicted octanol–water partition coefficient (Wildman–Crippen LogP) is 2.02. The molecule has 0 N–H and O–H groups in total. The summed E-state index contributed by atoms with van der Waals surface area (Å²) in [5, 5.41) is -1.69. The molecule has 0 heterocycles. The van der Waals surface area contributed by atoms with E-state index in [1.165, 1.54) is 0 Å². The largest absolute Gasteiger partial charge is 0.460 e. The van der Waals surface area contributed by atoms with E-state index < -0.39 is 11.1 Å². The van der Waals surface area contributed by atoms with Crippen LogP contribution in [0.2, 0.25) is 0 Å². The monoisotopic (exact) mass is 212 g/mol. The van der Waals surface area contributed by atoms with Gasteiger partial charge in [0.15, 0.2) is 0 Å². The van der Waals surface area contributed by atoms with Crippen LogP contribution in [0.15, 0.2) is 0 Å². The van der Waals surface area contributed by atoms with Gasteiger partial charge in [-0.25, -0.2) is 9.18 Å². The van der Waals surface area contributed by atoms with Crippen molar-refractivity contribution in [2.45, 2.75) is 31.5 Å². The van der Waals surface area contributed by atoms with Crippen molar-refractivity contribution in [3.63, 3.8) is 0 Å². The van der Waals surface area contributed by atoms with Gasteiger partial charge in [-0.15, -0.1) is 0 Å². The van der Waals surface area contributed by atoms with Crippen LogP contribution in [0.3, 0.4) is 0 Å². The summed E-state index contributed by atoms with van der Waals surface area (Å²) in [5.41, 5.74) is 0. The highest BCUT2D eigenvalue weighted by Crippen LogP contribution is 2.06. The summed E-state index contributed by atoms with van der Waals surface area (Å²) in [7, 11) is 0. The molecule has 1 unspecified atom stereocenters. The van der Waals surface area contributed by atoms with Gasteiger partial charge in [0.05, 0.1) is 6.10 Å². The summed E-state index contributed by atoms with van der Waals surface area (Å²) in [6, 6.07) is 0. The standard InChI is InChI=1S/C6H10BrFO2/c1-3-4(2)10-6(9)5(7)8/h4-5H,3H2,1-2H3/t4-,5?/m1/s1. The minimum atomic E-state index is -1.69. The van der Waals surface area contributed by atoms with E-state index >= 15 is 0 Å². The van der Waals surface area contributed by atoms with Crippen LogP contribution < -0.4 is 0 Å². The molecular weight excluding hydrogens is 203 g/mol. The molecule has 4 heteroatoms. The molecular formula is C6H10BrFO2. The molecule has 2 nitrogen and oxygen atoms in total. The van der Waals surface area contributed by atoms with Crippen molar-refractivity contribution in [2.24, 2.45) is 0 Å². The summed E-state index contributed by atoms with van der Waals surface area (Å²) in [6.45, 7) is 3.58. The first kappa shape index (κ1) is 9.88. The summed E-state index contributed by atoms with van der Waals surface area (Å²) >= 11 is 2.46. The predicted molar refractivity (Wildman–Crippen MR) is 39.7 cm³/mol. The van der Waals surface area contributed by atoms with Gasteiger partial charge in [-0.05, 0) is 29.3 Å².